The quantitative estimate of drug-likeness (QED) is 0.683. The fraction of sp³-hybridized carbons (Fsp3) is 0.133. The molecule has 0 radical (unpaired) electrons. The maximum atomic E-state index is 11.0. The van der Waals surface area contributed by atoms with Gasteiger partial charge in [-0.1, -0.05) is 29.8 Å². The molecule has 0 amide bonds. The van der Waals surface area contributed by atoms with E-state index in [0.717, 1.165) is 16.7 Å². The van der Waals surface area contributed by atoms with Gasteiger partial charge in [0.25, 0.3) is 5.69 Å². The lowest BCUT2D eigenvalue weighted by Gasteiger charge is -2.08. The molecule has 2 aromatic rings. The first-order valence-corrected chi connectivity index (χ1v) is 5.99. The molecule has 0 aromatic heterocycles. The predicted octanol–water partition coefficient (Wildman–Crippen LogP) is 3.58. The average Bonchev–Trinajstić information content (AvgIpc) is 2.40. The van der Waals surface area contributed by atoms with Crippen LogP contribution in [0.2, 0.25) is 0 Å². The highest BCUT2D eigenvalue weighted by atomic mass is 16.6. The summed E-state index contributed by atoms with van der Waals surface area (Å²) < 4.78 is 0. The Balaban J connectivity index is 2.65. The molecule has 0 spiro atoms. The highest BCUT2D eigenvalue weighted by Gasteiger charge is 2.20. The normalized spacial score (nSPS) is 10.3. The topological polar surface area (TPSA) is 80.4 Å². The minimum Gasteiger partial charge on any atom is -0.477 e. The van der Waals surface area contributed by atoms with Gasteiger partial charge < -0.3 is 5.11 Å². The van der Waals surface area contributed by atoms with Crippen LogP contribution >= 0.6 is 0 Å². The van der Waals surface area contributed by atoms with Gasteiger partial charge in [-0.15, -0.1) is 0 Å². The molecule has 2 rings (SSSR count). The summed E-state index contributed by atoms with van der Waals surface area (Å²) in [6.45, 7) is 3.84. The van der Waals surface area contributed by atoms with Gasteiger partial charge in [-0.25, -0.2) is 4.79 Å². The van der Waals surface area contributed by atoms with E-state index < -0.39 is 16.6 Å². The van der Waals surface area contributed by atoms with Gasteiger partial charge >= 0.3 is 5.97 Å². The second-order valence-corrected chi connectivity index (χ2v) is 4.61. The molecule has 20 heavy (non-hydrogen) atoms. The summed E-state index contributed by atoms with van der Waals surface area (Å²) >= 11 is 0. The van der Waals surface area contributed by atoms with Gasteiger partial charge in [0, 0.05) is 6.07 Å². The molecular formula is C15H13NO4. The van der Waals surface area contributed by atoms with E-state index in [2.05, 4.69) is 0 Å². The number of nitro benzene ring substituents is 1. The Hall–Kier alpha value is -2.69. The Kier molecular flexibility index (Phi) is 3.52. The van der Waals surface area contributed by atoms with Crippen molar-refractivity contribution in [1.29, 1.82) is 0 Å². The van der Waals surface area contributed by atoms with Gasteiger partial charge in [0.1, 0.15) is 5.56 Å². The molecule has 0 saturated carbocycles. The van der Waals surface area contributed by atoms with Gasteiger partial charge in [-0.05, 0) is 36.6 Å². The number of aromatic carboxylic acids is 1. The number of carboxylic acid groups (broad SMARTS) is 1. The molecule has 0 fully saturated rings. The monoisotopic (exact) mass is 271 g/mol. The zero-order chi connectivity index (χ0) is 14.9. The van der Waals surface area contributed by atoms with Crippen molar-refractivity contribution in [1.82, 2.24) is 0 Å². The Labute approximate surface area is 115 Å². The van der Waals surface area contributed by atoms with Crippen molar-refractivity contribution in [2.45, 2.75) is 13.8 Å². The molecule has 5 heteroatoms. The Morgan fingerprint density at radius 3 is 2.45 bits per heavy atom. The van der Waals surface area contributed by atoms with Crippen LogP contribution in [0.15, 0.2) is 36.4 Å². The molecule has 0 unspecified atom stereocenters. The number of carbonyl (C=O) groups is 1. The number of carboxylic acids is 1. The first kappa shape index (κ1) is 13.7. The fourth-order valence-corrected chi connectivity index (χ4v) is 2.08. The van der Waals surface area contributed by atoms with Crippen molar-refractivity contribution in [3.63, 3.8) is 0 Å². The van der Waals surface area contributed by atoms with E-state index in [9.17, 15) is 14.9 Å². The van der Waals surface area contributed by atoms with Crippen molar-refractivity contribution in [3.8, 4) is 11.1 Å². The van der Waals surface area contributed by atoms with Crippen LogP contribution in [0.5, 0.6) is 0 Å². The maximum absolute atomic E-state index is 11.0. The molecule has 2 aromatic carbocycles. The predicted molar refractivity (Wildman–Crippen MR) is 75.0 cm³/mol. The SMILES string of the molecule is Cc1ccc(C)c(-c2ccc(C(=O)O)c([N+](=O)[O-])c2)c1. The molecule has 0 saturated heterocycles. The molecule has 0 aliphatic heterocycles. The van der Waals surface area contributed by atoms with Crippen molar-refractivity contribution >= 4 is 11.7 Å². The summed E-state index contributed by atoms with van der Waals surface area (Å²) in [6.07, 6.45) is 0. The number of nitrogens with zero attached hydrogens (tertiary/aromatic N) is 1. The third-order valence-electron chi connectivity index (χ3n) is 3.13. The molecule has 0 heterocycles. The van der Waals surface area contributed by atoms with Crippen LogP contribution in [0.4, 0.5) is 5.69 Å². The van der Waals surface area contributed by atoms with Crippen molar-refractivity contribution < 1.29 is 14.8 Å². The number of benzene rings is 2. The van der Waals surface area contributed by atoms with Gasteiger partial charge in [0.05, 0.1) is 4.92 Å². The van der Waals surface area contributed by atoms with E-state index >= 15 is 0 Å². The molecule has 0 aliphatic carbocycles. The van der Waals surface area contributed by atoms with E-state index in [1.54, 1.807) is 6.07 Å². The van der Waals surface area contributed by atoms with E-state index in [0.29, 0.717) is 5.56 Å². The summed E-state index contributed by atoms with van der Waals surface area (Å²) in [4.78, 5) is 21.3. The minimum absolute atomic E-state index is 0.302. The second-order valence-electron chi connectivity index (χ2n) is 4.61. The van der Waals surface area contributed by atoms with Crippen LogP contribution in [-0.4, -0.2) is 16.0 Å². The third kappa shape index (κ3) is 2.51. The number of aryl methyl sites for hydroxylation is 2. The van der Waals surface area contributed by atoms with Crippen LogP contribution in [-0.2, 0) is 0 Å². The summed E-state index contributed by atoms with van der Waals surface area (Å²) in [5.74, 6) is -1.30. The van der Waals surface area contributed by atoms with Gasteiger partial charge in [0.15, 0.2) is 0 Å². The average molecular weight is 271 g/mol. The first-order valence-electron chi connectivity index (χ1n) is 5.99. The highest BCUT2D eigenvalue weighted by Crippen LogP contribution is 2.30. The Morgan fingerprint density at radius 2 is 1.85 bits per heavy atom. The van der Waals surface area contributed by atoms with E-state index in [4.69, 9.17) is 5.11 Å². The molecule has 5 nitrogen and oxygen atoms in total. The molecule has 1 N–H and O–H groups in total. The zero-order valence-corrected chi connectivity index (χ0v) is 11.1. The second kappa shape index (κ2) is 5.13. The first-order chi connectivity index (χ1) is 9.40. The van der Waals surface area contributed by atoms with Gasteiger partial charge in [0.2, 0.25) is 0 Å². The van der Waals surface area contributed by atoms with E-state index in [-0.39, 0.29) is 5.56 Å². The number of hydrogen-bond donors (Lipinski definition) is 1. The Morgan fingerprint density at radius 1 is 1.15 bits per heavy atom. The van der Waals surface area contributed by atoms with E-state index in [1.165, 1.54) is 12.1 Å². The summed E-state index contributed by atoms with van der Waals surface area (Å²) in [5.41, 5.74) is 2.83. The lowest BCUT2D eigenvalue weighted by molar-refractivity contribution is -0.385. The zero-order valence-electron chi connectivity index (χ0n) is 11.1. The van der Waals surface area contributed by atoms with Crippen LogP contribution in [0, 0.1) is 24.0 Å². The smallest absolute Gasteiger partial charge is 0.342 e. The minimum atomic E-state index is -1.30. The molecule has 102 valence electrons. The van der Waals surface area contributed by atoms with Gasteiger partial charge in [-0.2, -0.15) is 0 Å². The number of rotatable bonds is 3. The summed E-state index contributed by atoms with van der Waals surface area (Å²) in [7, 11) is 0. The maximum Gasteiger partial charge on any atom is 0.342 e. The molecule has 0 bridgehead atoms. The Bertz CT molecular complexity index is 707. The van der Waals surface area contributed by atoms with Crippen LogP contribution in [0.25, 0.3) is 11.1 Å². The van der Waals surface area contributed by atoms with Crippen molar-refractivity contribution in [2.24, 2.45) is 0 Å². The summed E-state index contributed by atoms with van der Waals surface area (Å²) in [6, 6.07) is 10.00. The third-order valence-corrected chi connectivity index (χ3v) is 3.13. The van der Waals surface area contributed by atoms with Gasteiger partial charge in [-0.3, -0.25) is 10.1 Å². The highest BCUT2D eigenvalue weighted by molar-refractivity contribution is 5.93. The van der Waals surface area contributed by atoms with Crippen LogP contribution < -0.4 is 0 Å². The summed E-state index contributed by atoms with van der Waals surface area (Å²) in [5, 5.41) is 20.0. The molecule has 0 aliphatic rings. The number of nitro groups is 1. The standard InChI is InChI=1S/C15H13NO4/c1-9-3-4-10(2)13(7-9)11-5-6-12(15(17)18)14(8-11)16(19)20/h3-8H,1-2H3,(H,17,18). The number of hydrogen-bond acceptors (Lipinski definition) is 3. The molecule has 0 atom stereocenters. The molecular weight excluding hydrogens is 258 g/mol. The van der Waals surface area contributed by atoms with Crippen molar-refractivity contribution in [3.05, 3.63) is 63.2 Å². The van der Waals surface area contributed by atoms with Crippen molar-refractivity contribution in [2.75, 3.05) is 0 Å². The van der Waals surface area contributed by atoms with Crippen LogP contribution in [0.3, 0.4) is 0 Å². The lowest BCUT2D eigenvalue weighted by Crippen LogP contribution is -2.02. The van der Waals surface area contributed by atoms with Crippen LogP contribution in [0.1, 0.15) is 21.5 Å². The van der Waals surface area contributed by atoms with E-state index in [1.807, 2.05) is 32.0 Å². The lowest BCUT2D eigenvalue weighted by atomic mass is 9.97. The fourth-order valence-electron chi connectivity index (χ4n) is 2.08. The largest absolute Gasteiger partial charge is 0.477 e.